The average molecular weight is 277 g/mol. The molecule has 0 atom stereocenters. The molecule has 0 fully saturated rings. The summed E-state index contributed by atoms with van der Waals surface area (Å²) in [5.41, 5.74) is 5.26. The zero-order valence-corrected chi connectivity index (χ0v) is 11.2. The molecule has 0 bridgehead atoms. The smallest absolute Gasteiger partial charge is 0.0898 e. The Kier molecular flexibility index (Phi) is 3.06. The first-order chi connectivity index (χ1) is 7.58. The molecule has 0 saturated heterocycles. The second-order valence-corrected chi connectivity index (χ2v) is 4.93. The second kappa shape index (κ2) is 4.34. The molecule has 1 aromatic carbocycles. The maximum Gasteiger partial charge on any atom is 0.0898 e. The lowest BCUT2D eigenvalue weighted by Crippen LogP contribution is -1.91. The first-order valence-electron chi connectivity index (χ1n) is 5.14. The Bertz CT molecular complexity index is 569. The van der Waals surface area contributed by atoms with E-state index in [1.54, 1.807) is 0 Å². The molecule has 2 nitrogen and oxygen atoms in total. The van der Waals surface area contributed by atoms with Crippen LogP contribution in [0.3, 0.4) is 0 Å². The normalized spacial score (nSPS) is 10.5. The molecule has 0 spiro atoms. The minimum Gasteiger partial charge on any atom is -0.252 e. The van der Waals surface area contributed by atoms with Crippen LogP contribution in [0.25, 0.3) is 16.6 Å². The molecular weight excluding hydrogens is 264 g/mol. The molecular formula is C13H13BrN2. The van der Waals surface area contributed by atoms with E-state index in [0.717, 1.165) is 21.2 Å². The van der Waals surface area contributed by atoms with E-state index in [-0.39, 0.29) is 0 Å². The topological polar surface area (TPSA) is 25.8 Å². The van der Waals surface area contributed by atoms with Gasteiger partial charge in [0.1, 0.15) is 0 Å². The van der Waals surface area contributed by atoms with E-state index in [1.807, 2.05) is 24.4 Å². The van der Waals surface area contributed by atoms with E-state index in [1.165, 1.54) is 11.1 Å². The highest BCUT2D eigenvalue weighted by molar-refractivity contribution is 9.10. The van der Waals surface area contributed by atoms with Crippen LogP contribution in [0, 0.1) is 0 Å². The van der Waals surface area contributed by atoms with Gasteiger partial charge in [-0.25, -0.2) is 4.98 Å². The number of benzene rings is 1. The highest BCUT2D eigenvalue weighted by Crippen LogP contribution is 2.20. The molecule has 0 amide bonds. The molecule has 2 aromatic rings. The quantitative estimate of drug-likeness (QED) is 0.780. The van der Waals surface area contributed by atoms with Crippen molar-refractivity contribution in [3.63, 3.8) is 0 Å². The fourth-order valence-electron chi connectivity index (χ4n) is 1.42. The van der Waals surface area contributed by atoms with Gasteiger partial charge in [-0.3, -0.25) is 4.98 Å². The molecule has 1 heterocycles. The lowest BCUT2D eigenvalue weighted by molar-refractivity contribution is 1.22. The van der Waals surface area contributed by atoms with Gasteiger partial charge in [0.05, 0.1) is 22.9 Å². The summed E-state index contributed by atoms with van der Waals surface area (Å²) in [5, 5.41) is 0. The lowest BCUT2D eigenvalue weighted by Gasteiger charge is -2.04. The summed E-state index contributed by atoms with van der Waals surface area (Å²) in [7, 11) is 0. The van der Waals surface area contributed by atoms with Crippen LogP contribution in [0.15, 0.2) is 34.4 Å². The molecule has 16 heavy (non-hydrogen) atoms. The number of aromatic nitrogens is 2. The van der Waals surface area contributed by atoms with Gasteiger partial charge in [0.2, 0.25) is 0 Å². The predicted molar refractivity (Wildman–Crippen MR) is 71.2 cm³/mol. The van der Waals surface area contributed by atoms with Crippen LogP contribution in [-0.4, -0.2) is 9.97 Å². The maximum absolute atomic E-state index is 4.60. The molecule has 0 aliphatic rings. The van der Waals surface area contributed by atoms with Gasteiger partial charge in [0, 0.05) is 4.47 Å². The first kappa shape index (κ1) is 11.3. The minimum atomic E-state index is 0.916. The summed E-state index contributed by atoms with van der Waals surface area (Å²) in [6.07, 6.45) is 1.83. The third-order valence-corrected chi connectivity index (χ3v) is 3.13. The van der Waals surface area contributed by atoms with Gasteiger partial charge in [0.15, 0.2) is 0 Å². The van der Waals surface area contributed by atoms with Crippen LogP contribution in [0.1, 0.15) is 26.5 Å². The van der Waals surface area contributed by atoms with Crippen molar-refractivity contribution in [3.8, 4) is 0 Å². The van der Waals surface area contributed by atoms with E-state index in [9.17, 15) is 0 Å². The number of nitrogens with zero attached hydrogens (tertiary/aromatic N) is 2. The van der Waals surface area contributed by atoms with Crippen molar-refractivity contribution in [3.05, 3.63) is 40.1 Å². The van der Waals surface area contributed by atoms with Gasteiger partial charge < -0.3 is 0 Å². The number of hydrogen-bond donors (Lipinski definition) is 0. The van der Waals surface area contributed by atoms with Gasteiger partial charge in [0.25, 0.3) is 0 Å². The van der Waals surface area contributed by atoms with Crippen LogP contribution in [0.2, 0.25) is 0 Å². The summed E-state index contributed by atoms with van der Waals surface area (Å²) in [4.78, 5) is 9.02. The Hall–Kier alpha value is -1.22. The van der Waals surface area contributed by atoms with E-state index in [4.69, 9.17) is 0 Å². The first-order valence-corrected chi connectivity index (χ1v) is 5.94. The summed E-state index contributed by atoms with van der Waals surface area (Å²) < 4.78 is 1.03. The van der Waals surface area contributed by atoms with Crippen molar-refractivity contribution in [1.82, 2.24) is 9.97 Å². The molecule has 0 aliphatic carbocycles. The number of allylic oxidation sites excluding steroid dienone is 2. The fraction of sp³-hybridized carbons (Fsp3) is 0.231. The van der Waals surface area contributed by atoms with E-state index < -0.39 is 0 Å². The molecule has 2 rings (SSSR count). The Morgan fingerprint density at radius 1 is 1.12 bits per heavy atom. The van der Waals surface area contributed by atoms with Gasteiger partial charge in [-0.1, -0.05) is 21.5 Å². The zero-order valence-electron chi connectivity index (χ0n) is 9.58. The third kappa shape index (κ3) is 2.14. The van der Waals surface area contributed by atoms with Gasteiger partial charge >= 0.3 is 0 Å². The fourth-order valence-corrected chi connectivity index (χ4v) is 1.77. The standard InChI is InChI=1S/C13H13BrN2/c1-8(2)9(3)13-7-15-12-6-10(14)4-5-11(12)16-13/h4-7H,1-3H3. The molecule has 0 unspecified atom stereocenters. The Morgan fingerprint density at radius 2 is 1.88 bits per heavy atom. The van der Waals surface area contributed by atoms with Crippen LogP contribution < -0.4 is 0 Å². The molecule has 82 valence electrons. The lowest BCUT2D eigenvalue weighted by atomic mass is 10.1. The van der Waals surface area contributed by atoms with Crippen LogP contribution in [0.5, 0.6) is 0 Å². The van der Waals surface area contributed by atoms with Crippen LogP contribution in [-0.2, 0) is 0 Å². The summed E-state index contributed by atoms with van der Waals surface area (Å²) in [6.45, 7) is 6.25. The highest BCUT2D eigenvalue weighted by atomic mass is 79.9. The average Bonchev–Trinajstić information content (AvgIpc) is 2.27. The number of halogens is 1. The second-order valence-electron chi connectivity index (χ2n) is 4.01. The van der Waals surface area contributed by atoms with Crippen molar-refractivity contribution in [2.24, 2.45) is 0 Å². The number of fused-ring (bicyclic) bond motifs is 1. The number of hydrogen-bond acceptors (Lipinski definition) is 2. The minimum absolute atomic E-state index is 0.916. The van der Waals surface area contributed by atoms with E-state index >= 15 is 0 Å². The Balaban J connectivity index is 2.61. The van der Waals surface area contributed by atoms with Gasteiger partial charge in [-0.2, -0.15) is 0 Å². The zero-order chi connectivity index (χ0) is 11.7. The highest BCUT2D eigenvalue weighted by Gasteiger charge is 2.03. The van der Waals surface area contributed by atoms with E-state index in [0.29, 0.717) is 0 Å². The van der Waals surface area contributed by atoms with Crippen molar-refractivity contribution >= 4 is 32.5 Å². The summed E-state index contributed by atoms with van der Waals surface area (Å²) in [5.74, 6) is 0. The molecule has 0 radical (unpaired) electrons. The monoisotopic (exact) mass is 276 g/mol. The Labute approximate surface area is 104 Å². The summed E-state index contributed by atoms with van der Waals surface area (Å²) in [6, 6.07) is 5.94. The van der Waals surface area contributed by atoms with Crippen molar-refractivity contribution < 1.29 is 0 Å². The Morgan fingerprint density at radius 3 is 2.56 bits per heavy atom. The molecule has 3 heteroatoms. The number of rotatable bonds is 1. The van der Waals surface area contributed by atoms with Gasteiger partial charge in [-0.05, 0) is 44.5 Å². The largest absolute Gasteiger partial charge is 0.252 e. The molecule has 0 aliphatic heterocycles. The molecule has 0 saturated carbocycles. The third-order valence-electron chi connectivity index (χ3n) is 2.64. The van der Waals surface area contributed by atoms with Crippen molar-refractivity contribution in [1.29, 1.82) is 0 Å². The van der Waals surface area contributed by atoms with Crippen LogP contribution >= 0.6 is 15.9 Å². The van der Waals surface area contributed by atoms with Crippen molar-refractivity contribution in [2.45, 2.75) is 20.8 Å². The molecule has 0 N–H and O–H groups in total. The SMILES string of the molecule is CC(C)=C(C)c1cnc2cc(Br)ccc2n1. The van der Waals surface area contributed by atoms with E-state index in [2.05, 4.69) is 46.7 Å². The maximum atomic E-state index is 4.60. The molecule has 1 aromatic heterocycles. The van der Waals surface area contributed by atoms with Crippen LogP contribution in [0.4, 0.5) is 0 Å². The van der Waals surface area contributed by atoms with Gasteiger partial charge in [-0.15, -0.1) is 0 Å². The van der Waals surface area contributed by atoms with Crippen molar-refractivity contribution in [2.75, 3.05) is 0 Å². The summed E-state index contributed by atoms with van der Waals surface area (Å²) >= 11 is 3.43. The predicted octanol–water partition coefficient (Wildman–Crippen LogP) is 4.21.